The Bertz CT molecular complexity index is 3020. The first-order chi connectivity index (χ1) is 23.3. The van der Waals surface area contributed by atoms with Crippen molar-refractivity contribution in [2.45, 2.75) is 0 Å². The first-order valence-electron chi connectivity index (χ1n) is 15.9. The Balaban J connectivity index is 1.31. The fourth-order valence-electron chi connectivity index (χ4n) is 7.92. The lowest BCUT2D eigenvalue weighted by atomic mass is 9.84. The summed E-state index contributed by atoms with van der Waals surface area (Å²) in [4.78, 5) is 0. The van der Waals surface area contributed by atoms with Gasteiger partial charge in [-0.1, -0.05) is 109 Å². The number of hydrogen-bond donors (Lipinski definition) is 0. The van der Waals surface area contributed by atoms with E-state index < -0.39 is 0 Å². The summed E-state index contributed by atoms with van der Waals surface area (Å²) < 4.78 is 19.0. The van der Waals surface area contributed by atoms with E-state index >= 15 is 0 Å². The van der Waals surface area contributed by atoms with Crippen LogP contribution in [0.15, 0.2) is 159 Å². The highest BCUT2D eigenvalue weighted by atomic mass is 16.3. The van der Waals surface area contributed by atoms with Crippen molar-refractivity contribution in [1.29, 1.82) is 0 Å². The molecule has 0 unspecified atom stereocenters. The average molecular weight is 601 g/mol. The molecule has 0 aliphatic rings. The van der Waals surface area contributed by atoms with Crippen molar-refractivity contribution >= 4 is 87.2 Å². The summed E-state index contributed by atoms with van der Waals surface area (Å²) in [7, 11) is 0. The normalized spacial score (nSPS) is 12.3. The molecule has 0 radical (unpaired) electrons. The highest BCUT2D eigenvalue weighted by Gasteiger charge is 2.23. The van der Waals surface area contributed by atoms with Gasteiger partial charge in [0.1, 0.15) is 27.9 Å². The smallest absolute Gasteiger partial charge is 0.143 e. The fourth-order valence-corrected chi connectivity index (χ4v) is 7.92. The molecule has 0 bridgehead atoms. The molecule has 0 amide bonds. The monoisotopic (exact) mass is 600 g/mol. The van der Waals surface area contributed by atoms with Gasteiger partial charge in [0.2, 0.25) is 0 Å². The van der Waals surface area contributed by atoms with Crippen LogP contribution in [0.3, 0.4) is 0 Å². The van der Waals surface area contributed by atoms with E-state index in [4.69, 9.17) is 13.3 Å². The Kier molecular flexibility index (Phi) is 4.84. The van der Waals surface area contributed by atoms with Gasteiger partial charge < -0.3 is 13.3 Å². The number of hydrogen-bond acceptors (Lipinski definition) is 3. The van der Waals surface area contributed by atoms with Crippen molar-refractivity contribution in [3.8, 4) is 22.3 Å². The van der Waals surface area contributed by atoms with Crippen molar-refractivity contribution < 1.29 is 13.3 Å². The molecule has 0 spiro atoms. The van der Waals surface area contributed by atoms with Crippen LogP contribution < -0.4 is 0 Å². The molecule has 0 aliphatic carbocycles. The number of fused-ring (bicyclic) bond motifs is 11. The maximum atomic E-state index is 6.70. The van der Waals surface area contributed by atoms with Crippen LogP contribution in [0.1, 0.15) is 0 Å². The highest BCUT2D eigenvalue weighted by molar-refractivity contribution is 6.29. The molecule has 3 aromatic heterocycles. The van der Waals surface area contributed by atoms with Gasteiger partial charge in [0.25, 0.3) is 0 Å². The second kappa shape index (κ2) is 9.12. The molecule has 3 heterocycles. The molecule has 47 heavy (non-hydrogen) atoms. The second-order valence-electron chi connectivity index (χ2n) is 12.4. The van der Waals surface area contributed by atoms with Crippen LogP contribution in [-0.2, 0) is 0 Å². The van der Waals surface area contributed by atoms with E-state index in [0.29, 0.717) is 0 Å². The lowest BCUT2D eigenvalue weighted by Gasteiger charge is -2.19. The van der Waals surface area contributed by atoms with Crippen LogP contribution in [0, 0.1) is 0 Å². The van der Waals surface area contributed by atoms with E-state index in [-0.39, 0.29) is 0 Å². The van der Waals surface area contributed by atoms with Gasteiger partial charge in [0.15, 0.2) is 0 Å². The second-order valence-corrected chi connectivity index (χ2v) is 12.4. The summed E-state index contributed by atoms with van der Waals surface area (Å²) >= 11 is 0. The lowest BCUT2D eigenvalue weighted by molar-refractivity contribution is 0.613. The van der Waals surface area contributed by atoms with Crippen molar-refractivity contribution in [3.05, 3.63) is 146 Å². The van der Waals surface area contributed by atoms with E-state index in [1.165, 1.54) is 38.2 Å². The highest BCUT2D eigenvalue weighted by Crippen LogP contribution is 2.50. The van der Waals surface area contributed by atoms with Gasteiger partial charge >= 0.3 is 0 Å². The minimum Gasteiger partial charge on any atom is -0.464 e. The topological polar surface area (TPSA) is 39.4 Å². The van der Waals surface area contributed by atoms with E-state index in [0.717, 1.165) is 71.2 Å². The van der Waals surface area contributed by atoms with Gasteiger partial charge in [-0.3, -0.25) is 0 Å². The molecule has 0 N–H and O–H groups in total. The molecule has 3 nitrogen and oxygen atoms in total. The predicted molar refractivity (Wildman–Crippen MR) is 194 cm³/mol. The third-order valence-corrected chi connectivity index (χ3v) is 9.91. The van der Waals surface area contributed by atoms with Gasteiger partial charge in [-0.15, -0.1) is 0 Å². The molecule has 218 valence electrons. The molecular formula is C44H24O3. The van der Waals surface area contributed by atoms with Gasteiger partial charge in [-0.25, -0.2) is 0 Å². The van der Waals surface area contributed by atoms with Gasteiger partial charge in [-0.05, 0) is 62.3 Å². The van der Waals surface area contributed by atoms with Gasteiger partial charge in [0, 0.05) is 49.5 Å². The van der Waals surface area contributed by atoms with Crippen LogP contribution >= 0.6 is 0 Å². The Labute approximate surface area is 267 Å². The fraction of sp³-hybridized carbons (Fsp3) is 0. The molecule has 0 aliphatic heterocycles. The van der Waals surface area contributed by atoms with Crippen LogP contribution in [0.2, 0.25) is 0 Å². The number of para-hydroxylation sites is 2. The van der Waals surface area contributed by atoms with Crippen LogP contribution in [0.25, 0.3) is 109 Å². The Morgan fingerprint density at radius 2 is 0.957 bits per heavy atom. The summed E-state index contributed by atoms with van der Waals surface area (Å²) in [6.07, 6.45) is 1.73. The molecular weight excluding hydrogens is 576 g/mol. The average Bonchev–Trinajstić information content (AvgIpc) is 3.84. The number of rotatable bonds is 2. The van der Waals surface area contributed by atoms with E-state index in [1.54, 1.807) is 6.26 Å². The molecule has 0 saturated heterocycles. The maximum absolute atomic E-state index is 6.70. The minimum absolute atomic E-state index is 0.825. The third-order valence-electron chi connectivity index (χ3n) is 9.91. The summed E-state index contributed by atoms with van der Waals surface area (Å²) in [5, 5.41) is 12.5. The molecule has 0 saturated carbocycles. The standard InChI is InChI=1S/C44H24O3/c1-2-11-27-25(10-1)22-36(42-33-16-7-8-19-37(33)46-44(27)42)41-30-14-5-3-12-28(30)40(29-13-4-6-15-31(29)41)34-18-9-17-32-35-23-26-20-21-45-38(26)24-39(35)47-43(32)34/h1-24H. The van der Waals surface area contributed by atoms with Gasteiger partial charge in [-0.2, -0.15) is 0 Å². The third kappa shape index (κ3) is 3.35. The van der Waals surface area contributed by atoms with Crippen molar-refractivity contribution in [2.75, 3.05) is 0 Å². The molecule has 0 fully saturated rings. The van der Waals surface area contributed by atoms with E-state index in [1.807, 2.05) is 18.2 Å². The molecule has 0 atom stereocenters. The molecule has 11 aromatic rings. The Morgan fingerprint density at radius 1 is 0.340 bits per heavy atom. The zero-order chi connectivity index (χ0) is 30.6. The number of benzene rings is 8. The van der Waals surface area contributed by atoms with Crippen LogP contribution in [0.4, 0.5) is 0 Å². The summed E-state index contributed by atoms with van der Waals surface area (Å²) in [5.74, 6) is 0. The summed E-state index contributed by atoms with van der Waals surface area (Å²) in [6.45, 7) is 0. The number of furan rings is 3. The quantitative estimate of drug-likeness (QED) is 0.185. The maximum Gasteiger partial charge on any atom is 0.143 e. The SMILES string of the molecule is c1ccc2c(c1)cc(-c1c3ccccc3c(-c3cccc4c3oc3cc5occc5cc34)c3ccccc13)c1c3ccccc3oc21. The largest absolute Gasteiger partial charge is 0.464 e. The van der Waals surface area contributed by atoms with E-state index in [9.17, 15) is 0 Å². The zero-order valence-electron chi connectivity index (χ0n) is 25.1. The Hall–Kier alpha value is -6.32. The molecule has 11 rings (SSSR count). The van der Waals surface area contributed by atoms with Crippen LogP contribution in [0.5, 0.6) is 0 Å². The lowest BCUT2D eigenvalue weighted by Crippen LogP contribution is -1.92. The molecule has 3 heteroatoms. The minimum atomic E-state index is 0.825. The zero-order valence-corrected chi connectivity index (χ0v) is 25.1. The first kappa shape index (κ1) is 24.9. The Morgan fingerprint density at radius 3 is 1.72 bits per heavy atom. The first-order valence-corrected chi connectivity index (χ1v) is 15.9. The van der Waals surface area contributed by atoms with Gasteiger partial charge in [0.05, 0.1) is 6.26 Å². The van der Waals surface area contributed by atoms with E-state index in [2.05, 4.69) is 121 Å². The predicted octanol–water partition coefficient (Wildman–Crippen LogP) is 13.0. The molecule has 8 aromatic carbocycles. The van der Waals surface area contributed by atoms with Crippen molar-refractivity contribution in [2.24, 2.45) is 0 Å². The van der Waals surface area contributed by atoms with Crippen molar-refractivity contribution in [1.82, 2.24) is 0 Å². The summed E-state index contributed by atoms with van der Waals surface area (Å²) in [5.41, 5.74) is 8.98. The van der Waals surface area contributed by atoms with Crippen LogP contribution in [-0.4, -0.2) is 0 Å². The summed E-state index contributed by atoms with van der Waals surface area (Å²) in [6, 6.07) is 49.5. The van der Waals surface area contributed by atoms with Crippen molar-refractivity contribution in [3.63, 3.8) is 0 Å².